The highest BCUT2D eigenvalue weighted by Gasteiger charge is 2.14. The summed E-state index contributed by atoms with van der Waals surface area (Å²) in [5.41, 5.74) is 6.94. The van der Waals surface area contributed by atoms with E-state index in [9.17, 15) is 0 Å². The van der Waals surface area contributed by atoms with Gasteiger partial charge < -0.3 is 10.5 Å². The molecule has 0 saturated carbocycles. The quantitative estimate of drug-likeness (QED) is 0.680. The van der Waals surface area contributed by atoms with Crippen LogP contribution in [0.5, 0.6) is 0 Å². The van der Waals surface area contributed by atoms with Crippen molar-refractivity contribution in [3.8, 4) is 0 Å². The molecule has 1 saturated heterocycles. The van der Waals surface area contributed by atoms with Crippen molar-refractivity contribution in [1.82, 2.24) is 0 Å². The summed E-state index contributed by atoms with van der Waals surface area (Å²) >= 11 is 13.3. The molecule has 3 nitrogen and oxygen atoms in total. The van der Waals surface area contributed by atoms with Crippen molar-refractivity contribution in [2.24, 2.45) is 10.7 Å². The molecule has 1 heterocycles. The van der Waals surface area contributed by atoms with Gasteiger partial charge in [0.25, 0.3) is 0 Å². The molecule has 104 valence electrons. The number of benzene rings is 1. The van der Waals surface area contributed by atoms with Gasteiger partial charge >= 0.3 is 0 Å². The number of rotatable bonds is 4. The lowest BCUT2D eigenvalue weighted by atomic mass is 10.2. The van der Waals surface area contributed by atoms with Crippen LogP contribution in [0.25, 0.3) is 0 Å². The van der Waals surface area contributed by atoms with Crippen LogP contribution in [0.3, 0.4) is 0 Å². The molecule has 1 aliphatic heterocycles. The average Bonchev–Trinajstić information content (AvgIpc) is 2.91. The van der Waals surface area contributed by atoms with E-state index in [1.54, 1.807) is 6.07 Å². The van der Waals surface area contributed by atoms with Crippen molar-refractivity contribution in [3.05, 3.63) is 33.8 Å². The number of nitrogens with zero attached hydrogens (tertiary/aromatic N) is 1. The van der Waals surface area contributed by atoms with E-state index < -0.39 is 0 Å². The molecule has 1 aliphatic rings. The monoisotopic (exact) mass is 318 g/mol. The number of ether oxygens (including phenoxy) is 1. The molecule has 0 spiro atoms. The number of aliphatic imine (C=N–C) groups is 1. The first-order valence-corrected chi connectivity index (χ1v) is 7.87. The van der Waals surface area contributed by atoms with E-state index in [4.69, 9.17) is 33.7 Å². The molecule has 2 N–H and O–H groups in total. The van der Waals surface area contributed by atoms with Crippen LogP contribution in [-0.2, 0) is 10.5 Å². The fourth-order valence-corrected chi connectivity index (χ4v) is 2.79. The molecule has 0 amide bonds. The zero-order valence-corrected chi connectivity index (χ0v) is 12.8. The van der Waals surface area contributed by atoms with Crippen LogP contribution in [0.1, 0.15) is 18.4 Å². The highest BCUT2D eigenvalue weighted by Crippen LogP contribution is 2.24. The zero-order chi connectivity index (χ0) is 13.7. The number of thioether (sulfide) groups is 1. The van der Waals surface area contributed by atoms with Gasteiger partial charge in [0.05, 0.1) is 22.7 Å². The molecule has 0 radical (unpaired) electrons. The van der Waals surface area contributed by atoms with Gasteiger partial charge in [-0.15, -0.1) is 0 Å². The second-order valence-corrected chi connectivity index (χ2v) is 6.16. The molecule has 1 aromatic carbocycles. The van der Waals surface area contributed by atoms with E-state index in [1.807, 2.05) is 12.1 Å². The molecule has 1 aromatic rings. The summed E-state index contributed by atoms with van der Waals surface area (Å²) in [6, 6.07) is 5.58. The van der Waals surface area contributed by atoms with Gasteiger partial charge in [-0.25, -0.2) is 0 Å². The summed E-state index contributed by atoms with van der Waals surface area (Å²) in [5, 5.41) is 1.71. The molecule has 1 atom stereocenters. The number of amidine groups is 1. The normalized spacial score (nSPS) is 19.9. The van der Waals surface area contributed by atoms with Crippen molar-refractivity contribution >= 4 is 40.1 Å². The predicted molar refractivity (Wildman–Crippen MR) is 83.2 cm³/mol. The van der Waals surface area contributed by atoms with Crippen molar-refractivity contribution in [2.45, 2.75) is 24.7 Å². The smallest absolute Gasteiger partial charge is 0.154 e. The van der Waals surface area contributed by atoms with E-state index in [0.717, 1.165) is 30.8 Å². The van der Waals surface area contributed by atoms with Gasteiger partial charge in [0.1, 0.15) is 0 Å². The van der Waals surface area contributed by atoms with Gasteiger partial charge in [-0.05, 0) is 30.5 Å². The molecule has 6 heteroatoms. The maximum absolute atomic E-state index is 5.96. The Morgan fingerprint density at radius 3 is 2.95 bits per heavy atom. The van der Waals surface area contributed by atoms with Crippen LogP contribution in [0.15, 0.2) is 23.2 Å². The molecule has 2 rings (SSSR count). The van der Waals surface area contributed by atoms with E-state index in [0.29, 0.717) is 21.8 Å². The molecule has 0 bridgehead atoms. The first kappa shape index (κ1) is 15.0. The summed E-state index contributed by atoms with van der Waals surface area (Å²) in [5.74, 6) is 0.734. The van der Waals surface area contributed by atoms with Crippen LogP contribution in [0.4, 0.5) is 0 Å². The van der Waals surface area contributed by atoms with Crippen molar-refractivity contribution < 1.29 is 4.74 Å². The van der Waals surface area contributed by atoms with Crippen molar-refractivity contribution in [2.75, 3.05) is 13.2 Å². The predicted octanol–water partition coefficient (Wildman–Crippen LogP) is 3.72. The summed E-state index contributed by atoms with van der Waals surface area (Å²) in [7, 11) is 0. The number of hydrogen-bond donors (Lipinski definition) is 1. The van der Waals surface area contributed by atoms with Gasteiger partial charge in [-0.1, -0.05) is 41.0 Å². The molecule has 0 aliphatic carbocycles. The largest absolute Gasteiger partial charge is 0.379 e. The van der Waals surface area contributed by atoms with Crippen LogP contribution in [0, 0.1) is 0 Å². The molecule has 0 aromatic heterocycles. The Kier molecular flexibility index (Phi) is 5.82. The van der Waals surface area contributed by atoms with Gasteiger partial charge in [0.15, 0.2) is 5.17 Å². The summed E-state index contributed by atoms with van der Waals surface area (Å²) in [4.78, 5) is 4.33. The Labute approximate surface area is 127 Å². The van der Waals surface area contributed by atoms with Crippen molar-refractivity contribution in [3.63, 3.8) is 0 Å². The Hall–Kier alpha value is -0.420. The summed E-state index contributed by atoms with van der Waals surface area (Å²) in [6.45, 7) is 1.50. The van der Waals surface area contributed by atoms with E-state index >= 15 is 0 Å². The Bertz CT molecular complexity index is 462. The minimum absolute atomic E-state index is 0.240. The lowest BCUT2D eigenvalue weighted by Gasteiger charge is -2.06. The number of nitrogens with two attached hydrogens (primary N) is 1. The van der Waals surface area contributed by atoms with Gasteiger partial charge in [0, 0.05) is 12.4 Å². The van der Waals surface area contributed by atoms with Crippen LogP contribution < -0.4 is 5.73 Å². The summed E-state index contributed by atoms with van der Waals surface area (Å²) < 4.78 is 5.49. The Morgan fingerprint density at radius 1 is 1.42 bits per heavy atom. The third-order valence-electron chi connectivity index (χ3n) is 2.85. The topological polar surface area (TPSA) is 47.6 Å². The third kappa shape index (κ3) is 4.88. The third-order valence-corrected chi connectivity index (χ3v) is 4.49. The second-order valence-electron chi connectivity index (χ2n) is 4.35. The maximum atomic E-state index is 5.96. The first-order valence-electron chi connectivity index (χ1n) is 6.13. The standard InChI is InChI=1S/C13H16Cl2N2OS/c14-11-4-3-9(6-12(11)15)8-19-13(16)17-7-10-2-1-5-18-10/h3-4,6,10H,1-2,5,7-8H2,(H2,16,17)/t10-/m1/s1. The first-order chi connectivity index (χ1) is 9.15. The maximum Gasteiger partial charge on any atom is 0.154 e. The number of hydrogen-bond acceptors (Lipinski definition) is 3. The highest BCUT2D eigenvalue weighted by molar-refractivity contribution is 8.13. The van der Waals surface area contributed by atoms with Gasteiger partial charge in [-0.3, -0.25) is 4.99 Å². The van der Waals surface area contributed by atoms with E-state index in [-0.39, 0.29) is 6.10 Å². The fourth-order valence-electron chi connectivity index (χ4n) is 1.81. The minimum atomic E-state index is 0.240. The number of halogens is 2. The second kappa shape index (κ2) is 7.39. The average molecular weight is 319 g/mol. The molecular formula is C13H16Cl2N2OS. The molecule has 19 heavy (non-hydrogen) atoms. The van der Waals surface area contributed by atoms with Crippen LogP contribution in [0.2, 0.25) is 10.0 Å². The van der Waals surface area contributed by atoms with E-state index in [1.165, 1.54) is 11.8 Å². The summed E-state index contributed by atoms with van der Waals surface area (Å²) in [6.07, 6.45) is 2.44. The Balaban J connectivity index is 1.80. The van der Waals surface area contributed by atoms with Gasteiger partial charge in [-0.2, -0.15) is 0 Å². The van der Waals surface area contributed by atoms with Crippen LogP contribution in [-0.4, -0.2) is 24.4 Å². The molecular weight excluding hydrogens is 303 g/mol. The lowest BCUT2D eigenvalue weighted by Crippen LogP contribution is -2.14. The van der Waals surface area contributed by atoms with Crippen LogP contribution >= 0.6 is 35.0 Å². The molecule has 1 fully saturated rings. The van der Waals surface area contributed by atoms with Crippen molar-refractivity contribution in [1.29, 1.82) is 0 Å². The lowest BCUT2D eigenvalue weighted by molar-refractivity contribution is 0.118. The fraction of sp³-hybridized carbons (Fsp3) is 0.462. The minimum Gasteiger partial charge on any atom is -0.379 e. The highest BCUT2D eigenvalue weighted by atomic mass is 35.5. The Morgan fingerprint density at radius 2 is 2.26 bits per heavy atom. The van der Waals surface area contributed by atoms with Gasteiger partial charge in [0.2, 0.25) is 0 Å². The zero-order valence-electron chi connectivity index (χ0n) is 10.4. The molecule has 0 unspecified atom stereocenters. The SMILES string of the molecule is NC(=NC[C@H]1CCCO1)SCc1ccc(Cl)c(Cl)c1. The van der Waals surface area contributed by atoms with E-state index in [2.05, 4.69) is 4.99 Å².